The van der Waals surface area contributed by atoms with E-state index in [-0.39, 0.29) is 5.82 Å². The minimum atomic E-state index is -0.178. The van der Waals surface area contributed by atoms with Gasteiger partial charge in [0.15, 0.2) is 0 Å². The number of halogens is 1. The van der Waals surface area contributed by atoms with Crippen LogP contribution in [0.25, 0.3) is 22.2 Å². The lowest BCUT2D eigenvalue weighted by Crippen LogP contribution is -2.02. The summed E-state index contributed by atoms with van der Waals surface area (Å²) in [5.74, 6) is 0.751. The van der Waals surface area contributed by atoms with Gasteiger partial charge in [-0.05, 0) is 55.3 Å². The Kier molecular flexibility index (Phi) is 6.73. The molecule has 0 saturated carbocycles. The summed E-state index contributed by atoms with van der Waals surface area (Å²) in [4.78, 5) is 12.1. The Morgan fingerprint density at radius 3 is 2.39 bits per heavy atom. The molecule has 3 heterocycles. The summed E-state index contributed by atoms with van der Waals surface area (Å²) in [5.41, 5.74) is 4.44. The van der Waals surface area contributed by atoms with E-state index in [1.807, 2.05) is 24.5 Å². The number of nitrogens with zero attached hydrogens (tertiary/aromatic N) is 2. The van der Waals surface area contributed by atoms with Gasteiger partial charge < -0.3 is 10.3 Å². The van der Waals surface area contributed by atoms with Crippen LogP contribution in [0.1, 0.15) is 25.5 Å². The summed E-state index contributed by atoms with van der Waals surface area (Å²) in [5, 5.41) is 4.52. The molecule has 0 radical (unpaired) electrons. The molecular weight excluding hydrogens is 351 g/mol. The lowest BCUT2D eigenvalue weighted by atomic mass is 10.0. The molecule has 0 fully saturated rings. The third-order valence-corrected chi connectivity index (χ3v) is 4.38. The van der Waals surface area contributed by atoms with Crippen LogP contribution in [-0.2, 0) is 0 Å². The second-order valence-corrected chi connectivity index (χ2v) is 6.53. The number of aryl methyl sites for hydroxylation is 1. The van der Waals surface area contributed by atoms with Gasteiger partial charge in [-0.15, -0.1) is 0 Å². The van der Waals surface area contributed by atoms with Crippen molar-refractivity contribution in [3.8, 4) is 11.1 Å². The number of benzene rings is 1. The Bertz CT molecular complexity index is 997. The molecule has 144 valence electrons. The van der Waals surface area contributed by atoms with Crippen molar-refractivity contribution in [3.63, 3.8) is 0 Å². The zero-order valence-corrected chi connectivity index (χ0v) is 16.2. The average molecular weight is 376 g/mol. The van der Waals surface area contributed by atoms with Gasteiger partial charge in [-0.25, -0.2) is 9.37 Å². The largest absolute Gasteiger partial charge is 0.370 e. The molecule has 4 aromatic rings. The molecule has 0 unspecified atom stereocenters. The smallest absolute Gasteiger partial charge is 0.140 e. The van der Waals surface area contributed by atoms with E-state index in [1.54, 1.807) is 18.2 Å². The van der Waals surface area contributed by atoms with E-state index in [4.69, 9.17) is 0 Å². The zero-order valence-electron chi connectivity index (χ0n) is 16.2. The Balaban J connectivity index is 0.000000271. The number of pyridine rings is 2. The van der Waals surface area contributed by atoms with Crippen LogP contribution in [0.2, 0.25) is 0 Å². The van der Waals surface area contributed by atoms with Gasteiger partial charge in [0, 0.05) is 35.6 Å². The number of fused-ring (bicyclic) bond motifs is 1. The molecule has 5 heteroatoms. The van der Waals surface area contributed by atoms with Crippen LogP contribution >= 0.6 is 0 Å². The van der Waals surface area contributed by atoms with E-state index in [1.165, 1.54) is 29.7 Å². The van der Waals surface area contributed by atoms with Crippen molar-refractivity contribution in [3.05, 3.63) is 78.5 Å². The van der Waals surface area contributed by atoms with Gasteiger partial charge in [0.2, 0.25) is 0 Å². The molecule has 2 N–H and O–H groups in total. The fraction of sp³-hybridized carbons (Fsp3) is 0.217. The van der Waals surface area contributed by atoms with Crippen molar-refractivity contribution in [1.29, 1.82) is 0 Å². The molecule has 0 aliphatic carbocycles. The first-order chi connectivity index (χ1) is 13.7. The number of hydrogen-bond acceptors (Lipinski definition) is 3. The first-order valence-corrected chi connectivity index (χ1v) is 9.53. The van der Waals surface area contributed by atoms with E-state index >= 15 is 0 Å². The third kappa shape index (κ3) is 4.94. The molecule has 0 saturated heterocycles. The molecule has 0 atom stereocenters. The molecule has 4 nitrogen and oxygen atoms in total. The molecule has 0 amide bonds. The monoisotopic (exact) mass is 376 g/mol. The normalized spacial score (nSPS) is 10.4. The van der Waals surface area contributed by atoms with Gasteiger partial charge in [0.25, 0.3) is 0 Å². The lowest BCUT2D eigenvalue weighted by molar-refractivity contribution is 0.628. The fourth-order valence-electron chi connectivity index (χ4n) is 3.00. The standard InChI is InChI=1S/C17H20N4.C6H5F/c1-3-4-9-19-15-6-5-14-16(12(2)20-17(14)21-15)13-7-10-18-11-8-13;7-6-4-2-1-3-5-6/h5-8,10-11H,3-4,9H2,1-2H3,(H2,19,20,21);1-5H. The van der Waals surface area contributed by atoms with E-state index in [0.717, 1.165) is 35.5 Å². The number of nitrogens with one attached hydrogen (secondary N) is 2. The highest BCUT2D eigenvalue weighted by molar-refractivity contribution is 5.96. The number of aromatic amines is 1. The number of anilines is 1. The van der Waals surface area contributed by atoms with E-state index < -0.39 is 0 Å². The molecule has 28 heavy (non-hydrogen) atoms. The number of unbranched alkanes of at least 4 members (excludes halogenated alkanes) is 1. The minimum absolute atomic E-state index is 0.178. The van der Waals surface area contributed by atoms with Crippen LogP contribution in [0.3, 0.4) is 0 Å². The van der Waals surface area contributed by atoms with Crippen LogP contribution in [0.4, 0.5) is 10.2 Å². The lowest BCUT2D eigenvalue weighted by Gasteiger charge is -2.05. The summed E-state index contributed by atoms with van der Waals surface area (Å²) in [6.45, 7) is 5.24. The number of hydrogen-bond donors (Lipinski definition) is 2. The molecular formula is C23H25FN4. The maximum absolute atomic E-state index is 11.9. The highest BCUT2D eigenvalue weighted by Gasteiger charge is 2.11. The zero-order chi connectivity index (χ0) is 19.8. The van der Waals surface area contributed by atoms with Crippen molar-refractivity contribution in [2.24, 2.45) is 0 Å². The van der Waals surface area contributed by atoms with E-state index in [0.29, 0.717) is 0 Å². The van der Waals surface area contributed by atoms with Crippen LogP contribution in [0.15, 0.2) is 67.0 Å². The Hall–Kier alpha value is -3.21. The molecule has 4 rings (SSSR count). The second kappa shape index (κ2) is 9.65. The summed E-state index contributed by atoms with van der Waals surface area (Å²) >= 11 is 0. The number of rotatable bonds is 5. The molecule has 1 aromatic carbocycles. The number of H-pyrrole nitrogens is 1. The molecule has 0 bridgehead atoms. The van der Waals surface area contributed by atoms with Crippen LogP contribution in [0, 0.1) is 12.7 Å². The fourth-order valence-corrected chi connectivity index (χ4v) is 3.00. The van der Waals surface area contributed by atoms with Crippen LogP contribution < -0.4 is 5.32 Å². The predicted molar refractivity (Wildman–Crippen MR) is 114 cm³/mol. The van der Waals surface area contributed by atoms with E-state index in [9.17, 15) is 4.39 Å². The van der Waals surface area contributed by atoms with Gasteiger partial charge in [-0.2, -0.15) is 0 Å². The quantitative estimate of drug-likeness (QED) is 0.422. The van der Waals surface area contributed by atoms with Crippen molar-refractivity contribution >= 4 is 16.9 Å². The van der Waals surface area contributed by atoms with Gasteiger partial charge >= 0.3 is 0 Å². The first-order valence-electron chi connectivity index (χ1n) is 9.53. The molecule has 0 aliphatic rings. The Morgan fingerprint density at radius 1 is 1.00 bits per heavy atom. The molecule has 0 spiro atoms. The van der Waals surface area contributed by atoms with Gasteiger partial charge in [0.1, 0.15) is 17.3 Å². The maximum Gasteiger partial charge on any atom is 0.140 e. The molecule has 0 aliphatic heterocycles. The highest BCUT2D eigenvalue weighted by Crippen LogP contribution is 2.31. The van der Waals surface area contributed by atoms with Crippen molar-refractivity contribution in [2.75, 3.05) is 11.9 Å². The summed E-state index contributed by atoms with van der Waals surface area (Å²) in [6.07, 6.45) is 5.98. The maximum atomic E-state index is 11.9. The average Bonchev–Trinajstić information content (AvgIpc) is 3.05. The SMILES string of the molecule is CCCCNc1ccc2c(-c3ccncc3)c(C)[nH]c2n1.Fc1ccccc1. The van der Waals surface area contributed by atoms with Crippen molar-refractivity contribution in [1.82, 2.24) is 15.0 Å². The Morgan fingerprint density at radius 2 is 1.75 bits per heavy atom. The molecule has 3 aromatic heterocycles. The van der Waals surface area contributed by atoms with Crippen LogP contribution in [-0.4, -0.2) is 21.5 Å². The van der Waals surface area contributed by atoms with Gasteiger partial charge in [0.05, 0.1) is 0 Å². The second-order valence-electron chi connectivity index (χ2n) is 6.53. The topological polar surface area (TPSA) is 53.6 Å². The highest BCUT2D eigenvalue weighted by atomic mass is 19.1. The van der Waals surface area contributed by atoms with Gasteiger partial charge in [-0.1, -0.05) is 31.5 Å². The predicted octanol–water partition coefficient (Wildman–Crippen LogP) is 5.97. The van der Waals surface area contributed by atoms with Crippen LogP contribution in [0.5, 0.6) is 0 Å². The van der Waals surface area contributed by atoms with Crippen molar-refractivity contribution in [2.45, 2.75) is 26.7 Å². The summed E-state index contributed by atoms with van der Waals surface area (Å²) < 4.78 is 11.9. The first kappa shape index (κ1) is 19.5. The summed E-state index contributed by atoms with van der Waals surface area (Å²) in [6, 6.07) is 16.2. The summed E-state index contributed by atoms with van der Waals surface area (Å²) in [7, 11) is 0. The van der Waals surface area contributed by atoms with E-state index in [2.05, 4.69) is 46.2 Å². The number of aromatic nitrogens is 3. The third-order valence-electron chi connectivity index (χ3n) is 4.38. The van der Waals surface area contributed by atoms with Crippen molar-refractivity contribution < 1.29 is 4.39 Å². The minimum Gasteiger partial charge on any atom is -0.370 e. The van der Waals surface area contributed by atoms with Gasteiger partial charge in [-0.3, -0.25) is 4.98 Å². The Labute approximate surface area is 164 Å².